The first-order valence-corrected chi connectivity index (χ1v) is 10.4. The fourth-order valence-corrected chi connectivity index (χ4v) is 3.74. The number of nitrogens with zero attached hydrogens (tertiary/aromatic N) is 6. The van der Waals surface area contributed by atoms with E-state index in [1.807, 2.05) is 24.9 Å². The van der Waals surface area contributed by atoms with Crippen LogP contribution < -0.4 is 36.7 Å². The van der Waals surface area contributed by atoms with Gasteiger partial charge in [-0.3, -0.25) is 0 Å². The zero-order valence-corrected chi connectivity index (χ0v) is 19.7. The van der Waals surface area contributed by atoms with E-state index < -0.39 is 0 Å². The number of likely N-dealkylation sites (N-methyl/N-ethyl adjacent to an activating group) is 2. The molecule has 29 heavy (non-hydrogen) atoms. The lowest BCUT2D eigenvalue weighted by atomic mass is 10.1. The Hall–Kier alpha value is -1.93. The summed E-state index contributed by atoms with van der Waals surface area (Å²) in [6, 6.07) is 6.43. The highest BCUT2D eigenvalue weighted by molar-refractivity contribution is 5.76. The van der Waals surface area contributed by atoms with E-state index in [9.17, 15) is 0 Å². The van der Waals surface area contributed by atoms with Gasteiger partial charge in [0.15, 0.2) is 0 Å². The Labute approximate surface area is 185 Å². The first kappa shape index (κ1) is 23.3. The number of hydrogen-bond donors (Lipinski definition) is 1. The minimum absolute atomic E-state index is 0. The van der Waals surface area contributed by atoms with Crippen LogP contribution in [0.15, 0.2) is 40.8 Å². The summed E-state index contributed by atoms with van der Waals surface area (Å²) in [5.74, 6) is 0.879. The molecule has 0 spiro atoms. The maximum absolute atomic E-state index is 4.58. The lowest BCUT2D eigenvalue weighted by Gasteiger charge is -2.38. The van der Waals surface area contributed by atoms with Crippen LogP contribution in [0.2, 0.25) is 0 Å². The van der Waals surface area contributed by atoms with Crippen molar-refractivity contribution in [2.75, 3.05) is 49.6 Å². The molecule has 2 heterocycles. The van der Waals surface area contributed by atoms with Crippen molar-refractivity contribution in [1.29, 1.82) is 0 Å². The van der Waals surface area contributed by atoms with Gasteiger partial charge in [0.1, 0.15) is 5.69 Å². The first-order valence-electron chi connectivity index (χ1n) is 10.4. The number of nitrogens with one attached hydrogen (secondary N) is 1. The quantitative estimate of drug-likeness (QED) is 0.332. The summed E-state index contributed by atoms with van der Waals surface area (Å²) in [6.45, 7) is 10.6. The molecule has 0 aliphatic carbocycles. The molecule has 1 aliphatic rings. The number of aryl methyl sites for hydroxylation is 2. The van der Waals surface area contributed by atoms with Crippen LogP contribution in [0.1, 0.15) is 26.7 Å². The van der Waals surface area contributed by atoms with E-state index in [0.29, 0.717) is 0 Å². The van der Waals surface area contributed by atoms with Gasteiger partial charge in [0.2, 0.25) is 0 Å². The van der Waals surface area contributed by atoms with E-state index in [4.69, 9.17) is 0 Å². The minimum atomic E-state index is 0. The average molecular weight is 464 g/mol. The van der Waals surface area contributed by atoms with E-state index in [-0.39, 0.29) is 17.0 Å². The largest absolute Gasteiger partial charge is 1.00 e. The van der Waals surface area contributed by atoms with Gasteiger partial charge in [-0.2, -0.15) is 0 Å². The number of hydrogen-bond acceptors (Lipinski definition) is 5. The molecular formula is C21H34BrN7. The molecule has 0 unspecified atom stereocenters. The highest BCUT2D eigenvalue weighted by atomic mass is 79.9. The summed E-state index contributed by atoms with van der Waals surface area (Å²) in [6.07, 6.45) is 6.39. The highest BCUT2D eigenvalue weighted by Crippen LogP contribution is 2.36. The van der Waals surface area contributed by atoms with Gasteiger partial charge < -0.3 is 32.1 Å². The smallest absolute Gasteiger partial charge is 0.421 e. The van der Waals surface area contributed by atoms with Gasteiger partial charge in [0.25, 0.3) is 0 Å². The molecule has 0 fully saturated rings. The Morgan fingerprint density at radius 2 is 1.76 bits per heavy atom. The zero-order chi connectivity index (χ0) is 19.9. The summed E-state index contributed by atoms with van der Waals surface area (Å²) in [4.78, 5) is 4.85. The summed E-state index contributed by atoms with van der Waals surface area (Å²) >= 11 is 0. The summed E-state index contributed by atoms with van der Waals surface area (Å²) < 4.78 is 4.20. The molecule has 7 nitrogen and oxygen atoms in total. The van der Waals surface area contributed by atoms with E-state index in [0.717, 1.165) is 63.7 Å². The van der Waals surface area contributed by atoms with Gasteiger partial charge in [0.05, 0.1) is 37.4 Å². The van der Waals surface area contributed by atoms with Gasteiger partial charge in [-0.1, -0.05) is 5.11 Å². The van der Waals surface area contributed by atoms with Crippen molar-refractivity contribution in [2.45, 2.75) is 33.2 Å². The standard InChI is InChI=1S/C21H34N7.BrH/c1-5-26-15-16-27(6-2)20-17-18(9-10-19(20)26)23-24-21-25(4)13-14-28(21)12-8-7-11-22-3;/h9-10,13-14,17,22H,5-8,11-12,15-16H2,1-4H3;1H/q+1;/p-1. The Morgan fingerprint density at radius 3 is 2.45 bits per heavy atom. The molecule has 0 amide bonds. The molecule has 1 aromatic carbocycles. The van der Waals surface area contributed by atoms with Gasteiger partial charge in [0, 0.05) is 31.3 Å². The zero-order valence-electron chi connectivity index (χ0n) is 18.1. The predicted octanol–water partition coefficient (Wildman–Crippen LogP) is 0.398. The van der Waals surface area contributed by atoms with Crippen molar-refractivity contribution in [1.82, 2.24) is 9.88 Å². The van der Waals surface area contributed by atoms with Gasteiger partial charge >= 0.3 is 5.95 Å². The number of imidazole rings is 1. The number of rotatable bonds is 9. The molecule has 3 rings (SSSR count). The third-order valence-electron chi connectivity index (χ3n) is 5.42. The van der Waals surface area contributed by atoms with Crippen LogP contribution >= 0.6 is 0 Å². The molecule has 0 saturated heterocycles. The van der Waals surface area contributed by atoms with Crippen molar-refractivity contribution < 1.29 is 21.5 Å². The third kappa shape index (κ3) is 5.57. The summed E-state index contributed by atoms with van der Waals surface area (Å²) in [5, 5.41) is 12.3. The second-order valence-electron chi connectivity index (χ2n) is 7.25. The molecule has 0 saturated carbocycles. The number of benzene rings is 1. The number of anilines is 2. The molecule has 0 atom stereocenters. The molecule has 1 aromatic heterocycles. The van der Waals surface area contributed by atoms with E-state index >= 15 is 0 Å². The van der Waals surface area contributed by atoms with E-state index in [1.54, 1.807) is 0 Å². The highest BCUT2D eigenvalue weighted by Gasteiger charge is 2.21. The van der Waals surface area contributed by atoms with Crippen LogP contribution in [0.25, 0.3) is 0 Å². The fraction of sp³-hybridized carbons (Fsp3) is 0.571. The second-order valence-corrected chi connectivity index (χ2v) is 7.25. The first-order chi connectivity index (χ1) is 13.7. The molecule has 160 valence electrons. The Bertz CT molecular complexity index is 802. The van der Waals surface area contributed by atoms with Crippen LogP contribution in [-0.4, -0.2) is 44.3 Å². The van der Waals surface area contributed by atoms with Crippen LogP contribution in [0.5, 0.6) is 0 Å². The fourth-order valence-electron chi connectivity index (χ4n) is 3.74. The van der Waals surface area contributed by atoms with Gasteiger partial charge in [-0.05, 0) is 58.5 Å². The number of azo groups is 1. The summed E-state index contributed by atoms with van der Waals surface area (Å²) in [5.41, 5.74) is 3.46. The number of halogens is 1. The van der Waals surface area contributed by atoms with Crippen molar-refractivity contribution in [2.24, 2.45) is 17.3 Å². The van der Waals surface area contributed by atoms with Gasteiger partial charge in [-0.25, -0.2) is 9.13 Å². The van der Waals surface area contributed by atoms with Crippen molar-refractivity contribution in [3.8, 4) is 0 Å². The molecule has 0 radical (unpaired) electrons. The Morgan fingerprint density at radius 1 is 1.03 bits per heavy atom. The molecule has 0 bridgehead atoms. The second kappa shape index (κ2) is 11.3. The number of unbranched alkanes of at least 4 members (excludes halogenated alkanes) is 1. The van der Waals surface area contributed by atoms with Crippen LogP contribution in [-0.2, 0) is 13.6 Å². The van der Waals surface area contributed by atoms with Crippen LogP contribution in [0, 0.1) is 0 Å². The lowest BCUT2D eigenvalue weighted by Crippen LogP contribution is -3.00. The monoisotopic (exact) mass is 463 g/mol. The minimum Gasteiger partial charge on any atom is -1.00 e. The van der Waals surface area contributed by atoms with Crippen molar-refractivity contribution >= 4 is 23.0 Å². The molecule has 8 heteroatoms. The van der Waals surface area contributed by atoms with Crippen molar-refractivity contribution in [3.63, 3.8) is 0 Å². The maximum Gasteiger partial charge on any atom is 0.421 e. The molecular weight excluding hydrogens is 430 g/mol. The topological polar surface area (TPSA) is 52.0 Å². The Kier molecular flexibility index (Phi) is 9.10. The predicted molar refractivity (Wildman–Crippen MR) is 115 cm³/mol. The molecule has 2 aromatic rings. The SMILES string of the molecule is CCN1CCN(CC)c2cc(N=Nc3n(CCCCNC)cc[n+]3C)ccc21.[Br-]. The number of fused-ring (bicyclic) bond motifs is 1. The normalized spacial score (nSPS) is 13.7. The van der Waals surface area contributed by atoms with E-state index in [1.165, 1.54) is 11.4 Å². The lowest BCUT2D eigenvalue weighted by molar-refractivity contribution is -0.657. The third-order valence-corrected chi connectivity index (χ3v) is 5.42. The van der Waals surface area contributed by atoms with Crippen LogP contribution in [0.3, 0.4) is 0 Å². The molecule has 1 N–H and O–H groups in total. The van der Waals surface area contributed by atoms with E-state index in [2.05, 4.69) is 68.2 Å². The number of aromatic nitrogens is 2. The average Bonchev–Trinajstić information content (AvgIpc) is 3.08. The van der Waals surface area contributed by atoms with Crippen molar-refractivity contribution in [3.05, 3.63) is 30.6 Å². The van der Waals surface area contributed by atoms with Gasteiger partial charge in [-0.15, -0.1) is 0 Å². The summed E-state index contributed by atoms with van der Waals surface area (Å²) in [7, 11) is 4.01. The van der Waals surface area contributed by atoms with Crippen LogP contribution in [0.4, 0.5) is 23.0 Å². The Balaban J connectivity index is 0.00000300. The maximum atomic E-state index is 4.58. The molecule has 1 aliphatic heterocycles.